The van der Waals surface area contributed by atoms with Gasteiger partial charge in [0.25, 0.3) is 0 Å². The van der Waals surface area contributed by atoms with Crippen molar-refractivity contribution < 1.29 is 29.0 Å². The molecular formula is C18H26N2O6. The average molecular weight is 366 g/mol. The number of hydrogen-bond donors (Lipinski definition) is 3. The zero-order chi connectivity index (χ0) is 19.7. The Labute approximate surface area is 152 Å². The van der Waals surface area contributed by atoms with E-state index in [-0.39, 0.29) is 25.3 Å². The lowest BCUT2D eigenvalue weighted by atomic mass is 10.1. The highest BCUT2D eigenvalue weighted by Gasteiger charge is 2.23. The molecule has 0 radical (unpaired) electrons. The molecule has 1 aromatic rings. The summed E-state index contributed by atoms with van der Waals surface area (Å²) in [7, 11) is 0. The smallest absolute Gasteiger partial charge is 0.408 e. The van der Waals surface area contributed by atoms with E-state index in [4.69, 9.17) is 9.47 Å². The maximum absolute atomic E-state index is 12.1. The molecule has 0 heterocycles. The molecule has 1 rings (SSSR count). The number of nitrogens with one attached hydrogen (secondary N) is 2. The standard InChI is InChI=1S/C18H26N2O6/c1-5-25-16(23)14(10-12-6-8-13(21)9-7-12)20-15(22)11-19-17(24)26-18(2,3)4/h6-9,14,21H,5,10-11H2,1-4H3,(H,19,24)(H,20,22)/t14-/m0/s1. The van der Waals surface area contributed by atoms with Gasteiger partial charge in [-0.25, -0.2) is 9.59 Å². The van der Waals surface area contributed by atoms with Crippen LogP contribution >= 0.6 is 0 Å². The zero-order valence-electron chi connectivity index (χ0n) is 15.5. The van der Waals surface area contributed by atoms with Gasteiger partial charge in [-0.05, 0) is 45.4 Å². The number of aromatic hydroxyl groups is 1. The highest BCUT2D eigenvalue weighted by molar-refractivity contribution is 5.87. The highest BCUT2D eigenvalue weighted by Crippen LogP contribution is 2.12. The predicted octanol–water partition coefficient (Wildman–Crippen LogP) is 1.51. The van der Waals surface area contributed by atoms with Crippen molar-refractivity contribution in [3.8, 4) is 5.75 Å². The first-order valence-corrected chi connectivity index (χ1v) is 8.31. The minimum absolute atomic E-state index is 0.104. The van der Waals surface area contributed by atoms with Crippen LogP contribution in [0.3, 0.4) is 0 Å². The van der Waals surface area contributed by atoms with Gasteiger partial charge in [0.15, 0.2) is 0 Å². The van der Waals surface area contributed by atoms with Crippen LogP contribution in [0.4, 0.5) is 4.79 Å². The Balaban J connectivity index is 2.64. The molecule has 3 N–H and O–H groups in total. The molecule has 0 aliphatic rings. The minimum atomic E-state index is -0.910. The van der Waals surface area contributed by atoms with Crippen LogP contribution in [0.15, 0.2) is 24.3 Å². The molecule has 26 heavy (non-hydrogen) atoms. The van der Waals surface area contributed by atoms with Crippen LogP contribution in [0.5, 0.6) is 5.75 Å². The van der Waals surface area contributed by atoms with Gasteiger partial charge in [0.05, 0.1) is 6.61 Å². The van der Waals surface area contributed by atoms with Crippen molar-refractivity contribution in [3.63, 3.8) is 0 Å². The van der Waals surface area contributed by atoms with Crippen LogP contribution in [-0.4, -0.2) is 47.9 Å². The number of esters is 1. The zero-order valence-corrected chi connectivity index (χ0v) is 15.5. The lowest BCUT2D eigenvalue weighted by Crippen LogP contribution is -2.47. The van der Waals surface area contributed by atoms with Crippen LogP contribution < -0.4 is 10.6 Å². The summed E-state index contributed by atoms with van der Waals surface area (Å²) in [4.78, 5) is 35.7. The summed E-state index contributed by atoms with van der Waals surface area (Å²) in [5, 5.41) is 14.2. The predicted molar refractivity (Wildman–Crippen MR) is 94.6 cm³/mol. The normalized spacial score (nSPS) is 12.0. The van der Waals surface area contributed by atoms with Gasteiger partial charge in [0.2, 0.25) is 5.91 Å². The average Bonchev–Trinajstić information content (AvgIpc) is 2.53. The Morgan fingerprint density at radius 3 is 2.31 bits per heavy atom. The van der Waals surface area contributed by atoms with Crippen molar-refractivity contribution in [2.24, 2.45) is 0 Å². The molecule has 0 aliphatic heterocycles. The van der Waals surface area contributed by atoms with E-state index >= 15 is 0 Å². The molecular weight excluding hydrogens is 340 g/mol. The SMILES string of the molecule is CCOC(=O)[C@H](Cc1ccc(O)cc1)NC(=O)CNC(=O)OC(C)(C)C. The van der Waals surface area contributed by atoms with Gasteiger partial charge in [0.1, 0.15) is 23.9 Å². The second-order valence-electron chi connectivity index (χ2n) is 6.60. The molecule has 0 spiro atoms. The third-order valence-electron chi connectivity index (χ3n) is 3.07. The molecule has 144 valence electrons. The second kappa shape index (κ2) is 9.65. The Morgan fingerprint density at radius 2 is 1.77 bits per heavy atom. The summed E-state index contributed by atoms with van der Waals surface area (Å²) in [6, 6.07) is 5.36. The third-order valence-corrected chi connectivity index (χ3v) is 3.07. The second-order valence-corrected chi connectivity index (χ2v) is 6.60. The molecule has 1 atom stereocenters. The van der Waals surface area contributed by atoms with E-state index in [2.05, 4.69) is 10.6 Å². The number of carbonyl (C=O) groups is 3. The van der Waals surface area contributed by atoms with E-state index in [1.165, 1.54) is 12.1 Å². The maximum atomic E-state index is 12.1. The van der Waals surface area contributed by atoms with Crippen LogP contribution in [-0.2, 0) is 25.5 Å². The fourth-order valence-corrected chi connectivity index (χ4v) is 2.02. The van der Waals surface area contributed by atoms with Gasteiger partial charge >= 0.3 is 12.1 Å². The quantitative estimate of drug-likeness (QED) is 0.630. The number of phenolic OH excluding ortho intramolecular Hbond substituents is 1. The monoisotopic (exact) mass is 366 g/mol. The Hall–Kier alpha value is -2.77. The summed E-state index contributed by atoms with van der Waals surface area (Å²) in [5.41, 5.74) is 0.0636. The molecule has 0 fully saturated rings. The van der Waals surface area contributed by atoms with Crippen LogP contribution in [0.1, 0.15) is 33.3 Å². The Kier molecular flexibility index (Phi) is 7.89. The Morgan fingerprint density at radius 1 is 1.15 bits per heavy atom. The molecule has 0 aromatic heterocycles. The van der Waals surface area contributed by atoms with Crippen LogP contribution in [0.2, 0.25) is 0 Å². The van der Waals surface area contributed by atoms with E-state index in [9.17, 15) is 19.5 Å². The molecule has 8 heteroatoms. The van der Waals surface area contributed by atoms with Crippen molar-refractivity contribution in [1.29, 1.82) is 0 Å². The van der Waals surface area contributed by atoms with Crippen molar-refractivity contribution in [3.05, 3.63) is 29.8 Å². The van der Waals surface area contributed by atoms with Crippen LogP contribution in [0, 0.1) is 0 Å². The minimum Gasteiger partial charge on any atom is -0.508 e. The van der Waals surface area contributed by atoms with Gasteiger partial charge in [0, 0.05) is 6.42 Å². The largest absolute Gasteiger partial charge is 0.508 e. The van der Waals surface area contributed by atoms with Gasteiger partial charge in [-0.1, -0.05) is 12.1 Å². The molecule has 2 amide bonds. The first-order chi connectivity index (χ1) is 12.1. The Bertz CT molecular complexity index is 622. The van der Waals surface area contributed by atoms with Gasteiger partial charge in [-0.15, -0.1) is 0 Å². The fourth-order valence-electron chi connectivity index (χ4n) is 2.02. The summed E-state index contributed by atoms with van der Waals surface area (Å²) in [6.45, 7) is 6.64. The van der Waals surface area contributed by atoms with Gasteiger partial charge in [-0.3, -0.25) is 4.79 Å². The van der Waals surface area contributed by atoms with Crippen molar-refractivity contribution >= 4 is 18.0 Å². The van der Waals surface area contributed by atoms with E-state index < -0.39 is 29.6 Å². The topological polar surface area (TPSA) is 114 Å². The molecule has 0 bridgehead atoms. The molecule has 0 aliphatic carbocycles. The van der Waals surface area contributed by atoms with E-state index in [1.54, 1.807) is 39.8 Å². The number of amides is 2. The van der Waals surface area contributed by atoms with Crippen molar-refractivity contribution in [2.75, 3.05) is 13.2 Å². The number of alkyl carbamates (subject to hydrolysis) is 1. The van der Waals surface area contributed by atoms with Gasteiger partial charge in [-0.2, -0.15) is 0 Å². The number of hydrogen-bond acceptors (Lipinski definition) is 6. The maximum Gasteiger partial charge on any atom is 0.408 e. The summed E-state index contributed by atoms with van der Waals surface area (Å²) >= 11 is 0. The molecule has 8 nitrogen and oxygen atoms in total. The van der Waals surface area contributed by atoms with Crippen molar-refractivity contribution in [1.82, 2.24) is 10.6 Å². The third kappa shape index (κ3) is 8.36. The number of phenols is 1. The lowest BCUT2D eigenvalue weighted by Gasteiger charge is -2.20. The number of benzene rings is 1. The molecule has 0 saturated carbocycles. The molecule has 0 saturated heterocycles. The van der Waals surface area contributed by atoms with E-state index in [0.717, 1.165) is 5.56 Å². The summed E-state index contributed by atoms with van der Waals surface area (Å²) < 4.78 is 10.0. The first kappa shape index (κ1) is 21.3. The molecule has 0 unspecified atom stereocenters. The summed E-state index contributed by atoms with van der Waals surface area (Å²) in [5.74, 6) is -1.02. The van der Waals surface area contributed by atoms with E-state index in [0.29, 0.717) is 0 Å². The van der Waals surface area contributed by atoms with Gasteiger partial charge < -0.3 is 25.2 Å². The van der Waals surface area contributed by atoms with E-state index in [1.807, 2.05) is 0 Å². The number of ether oxygens (including phenoxy) is 2. The number of carbonyl (C=O) groups excluding carboxylic acids is 3. The van der Waals surface area contributed by atoms with Crippen molar-refractivity contribution in [2.45, 2.75) is 45.8 Å². The lowest BCUT2D eigenvalue weighted by molar-refractivity contribution is -0.147. The summed E-state index contributed by atoms with van der Waals surface area (Å²) in [6.07, 6.45) is -0.532. The first-order valence-electron chi connectivity index (χ1n) is 8.31. The molecule has 1 aromatic carbocycles. The van der Waals surface area contributed by atoms with Crippen LogP contribution in [0.25, 0.3) is 0 Å². The highest BCUT2D eigenvalue weighted by atomic mass is 16.6. The number of rotatable bonds is 7. The fraction of sp³-hybridized carbons (Fsp3) is 0.500.